The van der Waals surface area contributed by atoms with Crippen molar-refractivity contribution in [2.24, 2.45) is 5.92 Å². The largest absolute Gasteiger partial charge is 0.293 e. The Morgan fingerprint density at radius 1 is 1.32 bits per heavy atom. The molecule has 106 valence electrons. The predicted molar refractivity (Wildman–Crippen MR) is 84.7 cm³/mol. The maximum atomic E-state index is 12.0. The van der Waals surface area contributed by atoms with Gasteiger partial charge in [0.05, 0.1) is 13.3 Å². The lowest BCUT2D eigenvalue weighted by Crippen LogP contribution is -2.22. The summed E-state index contributed by atoms with van der Waals surface area (Å²) in [6.45, 7) is 0. The third-order valence-electron chi connectivity index (χ3n) is 3.27. The van der Waals surface area contributed by atoms with Crippen LogP contribution < -0.4 is 0 Å². The van der Waals surface area contributed by atoms with Crippen LogP contribution in [0.3, 0.4) is 0 Å². The Kier molecular flexibility index (Phi) is 5.25. The molecule has 0 atom stereocenters. The van der Waals surface area contributed by atoms with Crippen LogP contribution in [0.1, 0.15) is 36.0 Å². The van der Waals surface area contributed by atoms with E-state index in [1.165, 1.54) is 11.3 Å². The lowest BCUT2D eigenvalue weighted by Gasteiger charge is -2.09. The highest BCUT2D eigenvalue weighted by Crippen LogP contribution is 2.32. The number of sulfone groups is 1. The van der Waals surface area contributed by atoms with Gasteiger partial charge < -0.3 is 0 Å². The highest BCUT2D eigenvalue weighted by Gasteiger charge is 2.26. The van der Waals surface area contributed by atoms with E-state index in [2.05, 4.69) is 31.9 Å². The van der Waals surface area contributed by atoms with Gasteiger partial charge in [0.1, 0.15) is 5.75 Å². The molecule has 3 nitrogen and oxygen atoms in total. The Bertz CT molecular complexity index is 572. The van der Waals surface area contributed by atoms with Crippen LogP contribution in [0.4, 0.5) is 0 Å². The molecule has 1 aliphatic rings. The summed E-state index contributed by atoms with van der Waals surface area (Å²) < 4.78 is 25.6. The van der Waals surface area contributed by atoms with Crippen LogP contribution in [-0.2, 0) is 9.84 Å². The zero-order valence-corrected chi connectivity index (χ0v) is 15.0. The van der Waals surface area contributed by atoms with Crippen molar-refractivity contribution in [2.75, 3.05) is 11.5 Å². The van der Waals surface area contributed by atoms with E-state index in [-0.39, 0.29) is 23.2 Å². The Hall–Kier alpha value is 0.280. The number of carbonyl (C=O) groups excluding carboxylic acids is 1. The topological polar surface area (TPSA) is 51.2 Å². The van der Waals surface area contributed by atoms with E-state index >= 15 is 0 Å². The molecule has 0 amide bonds. The number of rotatable bonds is 5. The molecule has 7 heteroatoms. The fraction of sp³-hybridized carbons (Fsp3) is 0.583. The molecule has 0 bridgehead atoms. The molecule has 0 aliphatic heterocycles. The van der Waals surface area contributed by atoms with Crippen molar-refractivity contribution in [2.45, 2.75) is 25.7 Å². The number of thiophene rings is 1. The molecule has 1 aliphatic carbocycles. The fourth-order valence-corrected chi connectivity index (χ4v) is 6.98. The number of hydrogen-bond acceptors (Lipinski definition) is 4. The van der Waals surface area contributed by atoms with Crippen LogP contribution in [0.15, 0.2) is 13.6 Å². The van der Waals surface area contributed by atoms with Gasteiger partial charge in [0, 0.05) is 5.56 Å². The normalized spacial score (nSPS) is 16.9. The third-order valence-corrected chi connectivity index (χ3v) is 7.29. The number of ketones is 1. The lowest BCUT2D eigenvalue weighted by atomic mass is 10.1. The van der Waals surface area contributed by atoms with Gasteiger partial charge in [-0.25, -0.2) is 8.42 Å². The summed E-state index contributed by atoms with van der Waals surface area (Å²) >= 11 is 7.95. The lowest BCUT2D eigenvalue weighted by molar-refractivity contribution is 0.102. The average Bonchev–Trinajstić information content (AvgIpc) is 2.86. The smallest absolute Gasteiger partial charge is 0.179 e. The molecule has 0 spiro atoms. The maximum Gasteiger partial charge on any atom is 0.179 e. The Morgan fingerprint density at radius 3 is 2.47 bits per heavy atom. The average molecular weight is 430 g/mol. The van der Waals surface area contributed by atoms with Crippen molar-refractivity contribution in [3.63, 3.8) is 0 Å². The van der Waals surface area contributed by atoms with Crippen molar-refractivity contribution in [3.8, 4) is 0 Å². The van der Waals surface area contributed by atoms with Crippen molar-refractivity contribution < 1.29 is 13.2 Å². The van der Waals surface area contributed by atoms with Crippen LogP contribution in [0.5, 0.6) is 0 Å². The molecule has 0 radical (unpaired) electrons. The minimum absolute atomic E-state index is 0.154. The predicted octanol–water partition coefficient (Wildman–Crippen LogP) is 4.06. The number of halogens is 2. The first-order valence-corrected chi connectivity index (χ1v) is 10.3. The molecule has 0 unspecified atom stereocenters. The fourth-order valence-electron chi connectivity index (χ4n) is 2.40. The van der Waals surface area contributed by atoms with Gasteiger partial charge in [-0.05, 0) is 56.7 Å². The van der Waals surface area contributed by atoms with Gasteiger partial charge in [0.15, 0.2) is 15.6 Å². The van der Waals surface area contributed by atoms with E-state index in [0.717, 1.165) is 29.5 Å². The van der Waals surface area contributed by atoms with Crippen LogP contribution in [-0.4, -0.2) is 25.7 Å². The van der Waals surface area contributed by atoms with E-state index in [1.54, 1.807) is 6.07 Å². The molecule has 2 rings (SSSR count). The van der Waals surface area contributed by atoms with Crippen molar-refractivity contribution in [1.82, 2.24) is 0 Å². The van der Waals surface area contributed by atoms with Gasteiger partial charge in [-0.2, -0.15) is 0 Å². The monoisotopic (exact) mass is 428 g/mol. The summed E-state index contributed by atoms with van der Waals surface area (Å²) in [7, 11) is -3.30. The first-order valence-electron chi connectivity index (χ1n) is 6.06. The van der Waals surface area contributed by atoms with E-state index in [4.69, 9.17) is 0 Å². The van der Waals surface area contributed by atoms with E-state index in [0.29, 0.717) is 9.35 Å². The van der Waals surface area contributed by atoms with Crippen LogP contribution >= 0.6 is 43.2 Å². The standard InChI is InChI=1S/C12H14Br2O3S2/c13-11-5-9(12(14)18-11)10(15)7-19(16,17)6-8-3-1-2-4-8/h5,8H,1-4,6-7H2. The van der Waals surface area contributed by atoms with Crippen LogP contribution in [0.2, 0.25) is 0 Å². The summed E-state index contributed by atoms with van der Waals surface area (Å²) in [6, 6.07) is 1.67. The molecule has 1 aromatic heterocycles. The van der Waals surface area contributed by atoms with E-state index < -0.39 is 9.84 Å². The summed E-state index contributed by atoms with van der Waals surface area (Å²) in [5.74, 6) is -0.310. The number of hydrogen-bond donors (Lipinski definition) is 0. The Balaban J connectivity index is 2.03. The zero-order valence-electron chi connectivity index (χ0n) is 10.2. The van der Waals surface area contributed by atoms with Crippen molar-refractivity contribution in [1.29, 1.82) is 0 Å². The molecule has 0 aromatic carbocycles. The molecule has 1 heterocycles. The van der Waals surface area contributed by atoms with E-state index in [9.17, 15) is 13.2 Å². The highest BCUT2D eigenvalue weighted by molar-refractivity contribution is 9.12. The highest BCUT2D eigenvalue weighted by atomic mass is 79.9. The minimum atomic E-state index is -3.30. The quantitative estimate of drug-likeness (QED) is 0.663. The summed E-state index contributed by atoms with van der Waals surface area (Å²) in [6.07, 6.45) is 4.16. The molecule has 19 heavy (non-hydrogen) atoms. The molecule has 1 aromatic rings. The number of Topliss-reactive ketones (excluding diaryl/α,β-unsaturated/α-hetero) is 1. The summed E-state index contributed by atoms with van der Waals surface area (Å²) in [5.41, 5.74) is 0.451. The second-order valence-electron chi connectivity index (χ2n) is 4.87. The van der Waals surface area contributed by atoms with E-state index in [1.807, 2.05) is 0 Å². The summed E-state index contributed by atoms with van der Waals surface area (Å²) in [5, 5.41) is 0. The molecule has 0 N–H and O–H groups in total. The Labute approximate surface area is 134 Å². The van der Waals surface area contributed by atoms with Gasteiger partial charge >= 0.3 is 0 Å². The first kappa shape index (κ1) is 15.7. The van der Waals surface area contributed by atoms with Gasteiger partial charge in [-0.1, -0.05) is 12.8 Å². The molecule has 0 saturated heterocycles. The minimum Gasteiger partial charge on any atom is -0.293 e. The molecular weight excluding hydrogens is 416 g/mol. The van der Waals surface area contributed by atoms with Crippen LogP contribution in [0.25, 0.3) is 0 Å². The van der Waals surface area contributed by atoms with Crippen LogP contribution in [0, 0.1) is 5.92 Å². The second-order valence-corrected chi connectivity index (χ2v) is 10.7. The van der Waals surface area contributed by atoms with Crippen molar-refractivity contribution in [3.05, 3.63) is 19.2 Å². The summed E-state index contributed by atoms with van der Waals surface area (Å²) in [4.78, 5) is 12.0. The Morgan fingerprint density at radius 2 is 1.95 bits per heavy atom. The number of carbonyl (C=O) groups is 1. The van der Waals surface area contributed by atoms with Crippen molar-refractivity contribution >= 4 is 58.8 Å². The molecule has 1 fully saturated rings. The zero-order chi connectivity index (χ0) is 14.0. The molecular formula is C12H14Br2O3S2. The maximum absolute atomic E-state index is 12.0. The van der Waals surface area contributed by atoms with Gasteiger partial charge in [0.2, 0.25) is 0 Å². The van der Waals surface area contributed by atoms with Gasteiger partial charge in [-0.15, -0.1) is 11.3 Å². The molecule has 1 saturated carbocycles. The van der Waals surface area contributed by atoms with Gasteiger partial charge in [-0.3, -0.25) is 4.79 Å². The third kappa shape index (κ3) is 4.37. The SMILES string of the molecule is O=C(CS(=O)(=O)CC1CCCC1)c1cc(Br)sc1Br. The van der Waals surface area contributed by atoms with Gasteiger partial charge in [0.25, 0.3) is 0 Å². The second kappa shape index (κ2) is 6.37. The first-order chi connectivity index (χ1) is 8.87.